The summed E-state index contributed by atoms with van der Waals surface area (Å²) in [7, 11) is 0. The van der Waals surface area contributed by atoms with E-state index in [0.29, 0.717) is 12.8 Å². The fourth-order valence-corrected chi connectivity index (χ4v) is 2.41. The molecule has 0 radical (unpaired) electrons. The van der Waals surface area contributed by atoms with Crippen LogP contribution in [0.1, 0.15) is 36.0 Å². The lowest BCUT2D eigenvalue weighted by molar-refractivity contribution is -0.394. The summed E-state index contributed by atoms with van der Waals surface area (Å²) in [5.74, 6) is -1.27. The van der Waals surface area contributed by atoms with Crippen molar-refractivity contribution in [3.8, 4) is 0 Å². The highest BCUT2D eigenvalue weighted by Crippen LogP contribution is 2.24. The van der Waals surface area contributed by atoms with Crippen LogP contribution >= 0.6 is 0 Å². The molecule has 1 aliphatic carbocycles. The number of esters is 1. The molecule has 0 heterocycles. The van der Waals surface area contributed by atoms with E-state index in [1.54, 1.807) is 0 Å². The summed E-state index contributed by atoms with van der Waals surface area (Å²) in [6.45, 7) is -0.117. The standard InChI is InChI=1S/C14H14N2O7/c17-13-4-2-1-3-9(13)8-23-14(18)10-5-11(15(19)20)7-12(6-10)16(21)22/h5-7,9H,1-4,8H2/t9-/m1/s1. The van der Waals surface area contributed by atoms with Gasteiger partial charge in [0.25, 0.3) is 11.4 Å². The van der Waals surface area contributed by atoms with Gasteiger partial charge in [-0.15, -0.1) is 0 Å². The number of ether oxygens (including phenoxy) is 1. The third kappa shape index (κ3) is 4.09. The number of rotatable bonds is 5. The third-order valence-electron chi connectivity index (χ3n) is 3.66. The maximum Gasteiger partial charge on any atom is 0.338 e. The first kappa shape index (κ1) is 16.5. The van der Waals surface area contributed by atoms with Crippen molar-refractivity contribution in [1.82, 2.24) is 0 Å². The van der Waals surface area contributed by atoms with Gasteiger partial charge in [-0.1, -0.05) is 6.42 Å². The van der Waals surface area contributed by atoms with Crippen LogP contribution in [-0.4, -0.2) is 28.2 Å². The minimum Gasteiger partial charge on any atom is -0.461 e. The Morgan fingerprint density at radius 1 is 1.13 bits per heavy atom. The van der Waals surface area contributed by atoms with Crippen molar-refractivity contribution in [1.29, 1.82) is 0 Å². The normalized spacial score (nSPS) is 17.6. The highest BCUT2D eigenvalue weighted by Gasteiger charge is 2.25. The molecule has 0 bridgehead atoms. The molecule has 9 heteroatoms. The van der Waals surface area contributed by atoms with E-state index >= 15 is 0 Å². The number of ketones is 1. The lowest BCUT2D eigenvalue weighted by atomic mass is 9.89. The predicted octanol–water partition coefficient (Wildman–Crippen LogP) is 2.42. The average Bonchev–Trinajstić information content (AvgIpc) is 2.53. The fraction of sp³-hybridized carbons (Fsp3) is 0.429. The van der Waals surface area contributed by atoms with E-state index in [0.717, 1.165) is 31.0 Å². The Labute approximate surface area is 130 Å². The van der Waals surface area contributed by atoms with Crippen LogP contribution < -0.4 is 0 Å². The highest BCUT2D eigenvalue weighted by molar-refractivity contribution is 5.91. The summed E-state index contributed by atoms with van der Waals surface area (Å²) >= 11 is 0. The zero-order chi connectivity index (χ0) is 17.0. The molecule has 122 valence electrons. The number of carbonyl (C=O) groups is 2. The fourth-order valence-electron chi connectivity index (χ4n) is 2.41. The number of hydrogen-bond acceptors (Lipinski definition) is 7. The molecule has 0 saturated heterocycles. The number of nitro benzene ring substituents is 2. The van der Waals surface area contributed by atoms with Crippen LogP contribution in [0.4, 0.5) is 11.4 Å². The number of nitro groups is 2. The Balaban J connectivity index is 2.13. The van der Waals surface area contributed by atoms with E-state index in [4.69, 9.17) is 4.74 Å². The van der Waals surface area contributed by atoms with Crippen LogP contribution in [0.15, 0.2) is 18.2 Å². The summed E-state index contributed by atoms with van der Waals surface area (Å²) in [6, 6.07) is 2.59. The molecule has 2 rings (SSSR count). The Morgan fingerprint density at radius 2 is 1.74 bits per heavy atom. The minimum atomic E-state index is -0.921. The van der Waals surface area contributed by atoms with Gasteiger partial charge in [-0.25, -0.2) is 4.79 Å². The molecule has 0 N–H and O–H groups in total. The number of benzene rings is 1. The van der Waals surface area contributed by atoms with Crippen LogP contribution in [-0.2, 0) is 9.53 Å². The molecule has 23 heavy (non-hydrogen) atoms. The summed E-state index contributed by atoms with van der Waals surface area (Å²) in [6.07, 6.45) is 2.77. The van der Waals surface area contributed by atoms with Crippen LogP contribution in [0.25, 0.3) is 0 Å². The molecule has 0 amide bonds. The highest BCUT2D eigenvalue weighted by atomic mass is 16.6. The van der Waals surface area contributed by atoms with Gasteiger partial charge in [-0.2, -0.15) is 0 Å². The quantitative estimate of drug-likeness (QED) is 0.462. The number of non-ortho nitro benzene ring substituents is 2. The molecule has 0 spiro atoms. The Hall–Kier alpha value is -2.84. The van der Waals surface area contributed by atoms with Crippen LogP contribution in [0.5, 0.6) is 0 Å². The van der Waals surface area contributed by atoms with Gasteiger partial charge in [0.15, 0.2) is 0 Å². The molecule has 1 aliphatic rings. The summed E-state index contributed by atoms with van der Waals surface area (Å²) in [4.78, 5) is 43.5. The summed E-state index contributed by atoms with van der Waals surface area (Å²) < 4.78 is 5.00. The second-order valence-electron chi connectivity index (χ2n) is 5.26. The van der Waals surface area contributed by atoms with Crippen molar-refractivity contribution < 1.29 is 24.2 Å². The first-order valence-electron chi connectivity index (χ1n) is 7.02. The monoisotopic (exact) mass is 322 g/mol. The van der Waals surface area contributed by atoms with E-state index in [1.807, 2.05) is 0 Å². The Bertz CT molecular complexity index is 639. The predicted molar refractivity (Wildman–Crippen MR) is 77.0 cm³/mol. The van der Waals surface area contributed by atoms with E-state index in [1.165, 1.54) is 0 Å². The molecule has 0 aromatic heterocycles. The topological polar surface area (TPSA) is 130 Å². The van der Waals surface area contributed by atoms with Crippen molar-refractivity contribution in [3.63, 3.8) is 0 Å². The SMILES string of the molecule is O=C(OC[C@H]1CCCCC1=O)c1cc([N+](=O)[O-])cc([N+](=O)[O-])c1. The zero-order valence-corrected chi connectivity index (χ0v) is 12.1. The Morgan fingerprint density at radius 3 is 2.26 bits per heavy atom. The van der Waals surface area contributed by atoms with Crippen molar-refractivity contribution in [3.05, 3.63) is 44.0 Å². The number of hydrogen-bond donors (Lipinski definition) is 0. The van der Waals surface area contributed by atoms with E-state index < -0.39 is 27.2 Å². The summed E-state index contributed by atoms with van der Waals surface area (Å²) in [5.41, 5.74) is -1.42. The lowest BCUT2D eigenvalue weighted by Gasteiger charge is -2.19. The molecule has 9 nitrogen and oxygen atoms in total. The number of Topliss-reactive ketones (excluding diaryl/α,β-unsaturated/α-hetero) is 1. The zero-order valence-electron chi connectivity index (χ0n) is 12.1. The van der Waals surface area contributed by atoms with Gasteiger partial charge >= 0.3 is 5.97 Å². The van der Waals surface area contributed by atoms with Gasteiger partial charge in [0, 0.05) is 18.6 Å². The third-order valence-corrected chi connectivity index (χ3v) is 3.66. The molecule has 1 aromatic rings. The second kappa shape index (κ2) is 6.95. The first-order valence-corrected chi connectivity index (χ1v) is 7.02. The Kier molecular flexibility index (Phi) is 4.99. The molecular weight excluding hydrogens is 308 g/mol. The molecule has 0 unspecified atom stereocenters. The van der Waals surface area contributed by atoms with Gasteiger partial charge in [0.2, 0.25) is 0 Å². The van der Waals surface area contributed by atoms with Crippen molar-refractivity contribution in [2.24, 2.45) is 5.92 Å². The number of nitrogens with zero attached hydrogens (tertiary/aromatic N) is 2. The van der Waals surface area contributed by atoms with E-state index in [-0.39, 0.29) is 23.9 Å². The second-order valence-corrected chi connectivity index (χ2v) is 5.26. The molecule has 1 saturated carbocycles. The molecule has 1 aromatic carbocycles. The maximum atomic E-state index is 12.0. The van der Waals surface area contributed by atoms with E-state index in [9.17, 15) is 29.8 Å². The van der Waals surface area contributed by atoms with Gasteiger partial charge in [0.1, 0.15) is 12.4 Å². The molecule has 1 atom stereocenters. The molecular formula is C14H14N2O7. The van der Waals surface area contributed by atoms with Crippen molar-refractivity contribution in [2.75, 3.05) is 6.61 Å². The first-order chi connectivity index (χ1) is 10.9. The van der Waals surface area contributed by atoms with Gasteiger partial charge in [-0.05, 0) is 12.8 Å². The largest absolute Gasteiger partial charge is 0.461 e. The van der Waals surface area contributed by atoms with Crippen LogP contribution in [0, 0.1) is 26.1 Å². The average molecular weight is 322 g/mol. The number of carbonyl (C=O) groups excluding carboxylic acids is 2. The van der Waals surface area contributed by atoms with Gasteiger partial charge < -0.3 is 4.74 Å². The van der Waals surface area contributed by atoms with Crippen LogP contribution in [0.3, 0.4) is 0 Å². The van der Waals surface area contributed by atoms with Crippen LogP contribution in [0.2, 0.25) is 0 Å². The maximum absolute atomic E-state index is 12.0. The summed E-state index contributed by atoms with van der Waals surface area (Å²) in [5, 5.41) is 21.6. The lowest BCUT2D eigenvalue weighted by Crippen LogP contribution is -2.25. The smallest absolute Gasteiger partial charge is 0.338 e. The van der Waals surface area contributed by atoms with E-state index in [2.05, 4.69) is 0 Å². The molecule has 1 fully saturated rings. The van der Waals surface area contributed by atoms with Gasteiger partial charge in [-0.3, -0.25) is 25.0 Å². The minimum absolute atomic E-state index is 0.0223. The van der Waals surface area contributed by atoms with Crippen molar-refractivity contribution >= 4 is 23.1 Å². The van der Waals surface area contributed by atoms with Crippen molar-refractivity contribution in [2.45, 2.75) is 25.7 Å². The molecule has 0 aliphatic heterocycles. The van der Waals surface area contributed by atoms with Gasteiger partial charge in [0.05, 0.1) is 27.4 Å².